The molecule has 1 saturated carbocycles. The molecule has 0 spiro atoms. The number of hydrogen-bond donors (Lipinski definition) is 3. The van der Waals surface area contributed by atoms with Gasteiger partial charge in [0.25, 0.3) is 5.91 Å². The average Bonchev–Trinajstić information content (AvgIpc) is 3.08. The van der Waals surface area contributed by atoms with E-state index >= 15 is 0 Å². The van der Waals surface area contributed by atoms with Crippen LogP contribution in [0.3, 0.4) is 0 Å². The molecule has 3 N–H and O–H groups in total. The summed E-state index contributed by atoms with van der Waals surface area (Å²) in [6, 6.07) is 19.1. The van der Waals surface area contributed by atoms with Gasteiger partial charge in [-0.1, -0.05) is 49.2 Å². The number of amides is 2. The maximum atomic E-state index is 13.7. The van der Waals surface area contributed by atoms with Crippen molar-refractivity contribution in [3.8, 4) is 0 Å². The molecule has 0 unspecified atom stereocenters. The van der Waals surface area contributed by atoms with E-state index in [4.69, 9.17) is 9.47 Å². The molecule has 9 heteroatoms. The largest absolute Gasteiger partial charge is 0.392 e. The second-order valence-electron chi connectivity index (χ2n) is 14.3. The fourth-order valence-corrected chi connectivity index (χ4v) is 7.42. The molecule has 6 atom stereocenters. The van der Waals surface area contributed by atoms with Crippen LogP contribution in [0.25, 0.3) is 0 Å². The summed E-state index contributed by atoms with van der Waals surface area (Å²) in [7, 11) is 0. The molecule has 47 heavy (non-hydrogen) atoms. The molecule has 3 fully saturated rings. The summed E-state index contributed by atoms with van der Waals surface area (Å²) in [6.07, 6.45) is 9.50. The average molecular weight is 641 g/mol. The van der Waals surface area contributed by atoms with Gasteiger partial charge in [0.1, 0.15) is 0 Å². The molecule has 3 heterocycles. The molecule has 0 bridgehead atoms. The summed E-state index contributed by atoms with van der Waals surface area (Å²) in [5.74, 6) is 0.481. The second-order valence-corrected chi connectivity index (χ2v) is 14.3. The maximum Gasteiger partial charge on any atom is 0.257 e. The van der Waals surface area contributed by atoms with E-state index in [2.05, 4.69) is 20.5 Å². The number of anilines is 1. The third-order valence-electron chi connectivity index (χ3n) is 9.70. The highest BCUT2D eigenvalue weighted by Crippen LogP contribution is 2.42. The van der Waals surface area contributed by atoms with Crippen molar-refractivity contribution < 1.29 is 24.2 Å². The van der Waals surface area contributed by atoms with E-state index in [-0.39, 0.29) is 42.2 Å². The number of likely N-dealkylation sites (tertiary alicyclic amines) is 1. The third-order valence-corrected chi connectivity index (χ3v) is 9.70. The molecule has 250 valence electrons. The van der Waals surface area contributed by atoms with Crippen molar-refractivity contribution in [2.24, 2.45) is 5.92 Å². The summed E-state index contributed by atoms with van der Waals surface area (Å²) in [5.41, 5.74) is 3.57. The summed E-state index contributed by atoms with van der Waals surface area (Å²) < 4.78 is 13.4. The van der Waals surface area contributed by atoms with Crippen LogP contribution in [0.1, 0.15) is 105 Å². The van der Waals surface area contributed by atoms with Gasteiger partial charge in [-0.2, -0.15) is 0 Å². The van der Waals surface area contributed by atoms with Gasteiger partial charge in [-0.15, -0.1) is 0 Å². The number of ether oxygens (including phenoxy) is 2. The lowest BCUT2D eigenvalue weighted by atomic mass is 9.75. The van der Waals surface area contributed by atoms with Crippen LogP contribution in [0.5, 0.6) is 0 Å². The number of nitrogens with one attached hydrogen (secondary N) is 2. The number of pyridine rings is 1. The quantitative estimate of drug-likeness (QED) is 0.265. The van der Waals surface area contributed by atoms with E-state index in [0.717, 1.165) is 36.0 Å². The van der Waals surface area contributed by atoms with Crippen LogP contribution in [0.2, 0.25) is 0 Å². The predicted molar refractivity (Wildman–Crippen MR) is 180 cm³/mol. The Hall–Kier alpha value is -3.63. The second kappa shape index (κ2) is 14.6. The van der Waals surface area contributed by atoms with Gasteiger partial charge in [-0.05, 0) is 87.8 Å². The number of aromatic nitrogens is 1. The van der Waals surface area contributed by atoms with Gasteiger partial charge in [0.15, 0.2) is 6.29 Å². The fourth-order valence-electron chi connectivity index (χ4n) is 7.42. The molecule has 9 nitrogen and oxygen atoms in total. The zero-order chi connectivity index (χ0) is 33.0. The Morgan fingerprint density at radius 3 is 2.38 bits per heavy atom. The Kier molecular flexibility index (Phi) is 10.4. The van der Waals surface area contributed by atoms with Crippen LogP contribution in [0, 0.1) is 5.92 Å². The molecule has 2 saturated heterocycles. The van der Waals surface area contributed by atoms with Crippen molar-refractivity contribution in [3.05, 3.63) is 95.3 Å². The number of fused-ring (bicyclic) bond motifs is 1. The number of aliphatic hydroxyl groups is 1. The standard InChI is InChI=1S/C38H48N4O5/c1-38(2,3)41-36(45)33-19-16-26-7-4-5-9-32(26)42(33)23-31-21-34(27-12-10-25(24-43)11-13-27)47-37(46-31)28-14-17-30(18-15-28)40-35(44)29-8-6-20-39-22-29/h6,8,10-15,17-18,20,22,26,31-34,37,43H,4-5,7,9,16,19,21,23-24H2,1-3H3,(H,40,44)(H,41,45)/t26-,31-,32-,33-,34+,37+/m1/s1. The Balaban J connectivity index is 1.24. The zero-order valence-corrected chi connectivity index (χ0v) is 27.7. The van der Waals surface area contributed by atoms with Gasteiger partial charge in [0.05, 0.1) is 30.4 Å². The number of benzene rings is 2. The Morgan fingerprint density at radius 2 is 1.68 bits per heavy atom. The first kappa shape index (κ1) is 33.3. The first-order valence-corrected chi connectivity index (χ1v) is 17.1. The molecular formula is C38H48N4O5. The molecule has 3 aromatic rings. The zero-order valence-electron chi connectivity index (χ0n) is 27.7. The van der Waals surface area contributed by atoms with Crippen molar-refractivity contribution >= 4 is 17.5 Å². The topological polar surface area (TPSA) is 113 Å². The van der Waals surface area contributed by atoms with Gasteiger partial charge in [0, 0.05) is 48.2 Å². The molecule has 6 rings (SSSR count). The highest BCUT2D eigenvalue weighted by molar-refractivity contribution is 6.04. The first-order chi connectivity index (χ1) is 22.7. The molecule has 3 aliphatic rings. The molecule has 2 amide bonds. The van der Waals surface area contributed by atoms with Crippen molar-refractivity contribution in [1.82, 2.24) is 15.2 Å². The van der Waals surface area contributed by atoms with Crippen LogP contribution in [0.15, 0.2) is 73.1 Å². The van der Waals surface area contributed by atoms with Crippen molar-refractivity contribution in [3.63, 3.8) is 0 Å². The highest BCUT2D eigenvalue weighted by atomic mass is 16.7. The summed E-state index contributed by atoms with van der Waals surface area (Å²) >= 11 is 0. The minimum atomic E-state index is -0.631. The number of carbonyl (C=O) groups is 2. The van der Waals surface area contributed by atoms with Crippen LogP contribution >= 0.6 is 0 Å². The Bertz CT molecular complexity index is 1490. The van der Waals surface area contributed by atoms with E-state index in [1.807, 2.05) is 69.3 Å². The number of rotatable bonds is 8. The van der Waals surface area contributed by atoms with E-state index < -0.39 is 6.29 Å². The van der Waals surface area contributed by atoms with Gasteiger partial charge in [0.2, 0.25) is 5.91 Å². The molecule has 2 aromatic carbocycles. The SMILES string of the molecule is CC(C)(C)NC(=O)[C@H]1CC[C@H]2CCCC[C@H]2N1C[C@H]1C[C@@H](c2ccc(CO)cc2)O[C@@H](c2ccc(NC(=O)c3cccnc3)cc2)O1. The van der Waals surface area contributed by atoms with Gasteiger partial charge < -0.3 is 25.2 Å². The maximum absolute atomic E-state index is 13.7. The third kappa shape index (κ3) is 8.27. The Labute approximate surface area is 278 Å². The first-order valence-electron chi connectivity index (χ1n) is 17.1. The van der Waals surface area contributed by atoms with Crippen molar-refractivity contribution in [1.29, 1.82) is 0 Å². The number of carbonyl (C=O) groups excluding carboxylic acids is 2. The van der Waals surface area contributed by atoms with Crippen molar-refractivity contribution in [2.75, 3.05) is 11.9 Å². The number of aliphatic hydroxyl groups excluding tert-OH is 1. The Morgan fingerprint density at radius 1 is 0.936 bits per heavy atom. The fraction of sp³-hybridized carbons (Fsp3) is 0.500. The van der Waals surface area contributed by atoms with Crippen molar-refractivity contribution in [2.45, 2.75) is 108 Å². The molecular weight excluding hydrogens is 592 g/mol. The lowest BCUT2D eigenvalue weighted by Gasteiger charge is -2.50. The van der Waals surface area contributed by atoms with Gasteiger partial charge in [-0.25, -0.2) is 0 Å². The number of nitrogens with zero attached hydrogens (tertiary/aromatic N) is 2. The monoisotopic (exact) mass is 640 g/mol. The summed E-state index contributed by atoms with van der Waals surface area (Å²) in [6.45, 7) is 6.74. The summed E-state index contributed by atoms with van der Waals surface area (Å²) in [4.78, 5) is 32.9. The number of piperidine rings is 1. The van der Waals surface area contributed by atoms with E-state index in [1.54, 1.807) is 18.3 Å². The molecule has 1 aromatic heterocycles. The highest BCUT2D eigenvalue weighted by Gasteiger charge is 2.44. The molecule has 1 aliphatic carbocycles. The lowest BCUT2D eigenvalue weighted by molar-refractivity contribution is -0.255. The van der Waals surface area contributed by atoms with Crippen LogP contribution in [-0.2, 0) is 20.9 Å². The van der Waals surface area contributed by atoms with E-state index in [1.165, 1.54) is 25.5 Å². The van der Waals surface area contributed by atoms with Gasteiger partial charge in [-0.3, -0.25) is 19.5 Å². The predicted octanol–water partition coefficient (Wildman–Crippen LogP) is 6.31. The van der Waals surface area contributed by atoms with Gasteiger partial charge >= 0.3 is 0 Å². The van der Waals surface area contributed by atoms with Crippen LogP contribution in [0.4, 0.5) is 5.69 Å². The van der Waals surface area contributed by atoms with Crippen LogP contribution in [-0.4, -0.2) is 57.1 Å². The normalized spacial score (nSPS) is 26.6. The number of hydrogen-bond acceptors (Lipinski definition) is 7. The minimum Gasteiger partial charge on any atom is -0.392 e. The van der Waals surface area contributed by atoms with E-state index in [0.29, 0.717) is 36.2 Å². The lowest BCUT2D eigenvalue weighted by Crippen LogP contribution is -2.61. The molecule has 0 radical (unpaired) electrons. The van der Waals surface area contributed by atoms with E-state index in [9.17, 15) is 14.7 Å². The minimum absolute atomic E-state index is 0.0145. The molecule has 2 aliphatic heterocycles. The van der Waals surface area contributed by atoms with Crippen LogP contribution < -0.4 is 10.6 Å². The smallest absolute Gasteiger partial charge is 0.257 e. The summed E-state index contributed by atoms with van der Waals surface area (Å²) in [5, 5.41) is 15.8.